The van der Waals surface area contributed by atoms with Gasteiger partial charge in [0.05, 0.1) is 5.52 Å². The minimum Gasteiger partial charge on any atom is -0.486 e. The molecule has 2 aliphatic rings. The number of pyridine rings is 1. The van der Waals surface area contributed by atoms with Gasteiger partial charge in [0.15, 0.2) is 11.5 Å². The predicted molar refractivity (Wildman–Crippen MR) is 142 cm³/mol. The van der Waals surface area contributed by atoms with Crippen LogP contribution in [0.4, 0.5) is 4.79 Å². The largest absolute Gasteiger partial charge is 0.486 e. The van der Waals surface area contributed by atoms with Gasteiger partial charge in [-0.1, -0.05) is 12.1 Å². The maximum absolute atomic E-state index is 12.8. The van der Waals surface area contributed by atoms with Gasteiger partial charge in [0.25, 0.3) is 5.56 Å². The van der Waals surface area contributed by atoms with Crippen LogP contribution >= 0.6 is 0 Å². The Labute approximate surface area is 220 Å². The summed E-state index contributed by atoms with van der Waals surface area (Å²) in [6.45, 7) is 5.69. The van der Waals surface area contributed by atoms with Gasteiger partial charge in [-0.15, -0.1) is 0 Å². The molecule has 2 amide bonds. The van der Waals surface area contributed by atoms with E-state index in [-0.39, 0.29) is 18.1 Å². The minimum atomic E-state index is -0.943. The second-order valence-electron chi connectivity index (χ2n) is 9.87. The maximum Gasteiger partial charge on any atom is 0.407 e. The summed E-state index contributed by atoms with van der Waals surface area (Å²) < 4.78 is 12.9. The van der Waals surface area contributed by atoms with Gasteiger partial charge in [0.2, 0.25) is 5.91 Å². The van der Waals surface area contributed by atoms with Gasteiger partial charge in [-0.25, -0.2) is 4.79 Å². The minimum absolute atomic E-state index is 0.0991. The summed E-state index contributed by atoms with van der Waals surface area (Å²) in [6.07, 6.45) is 0.458. The molecule has 2 aliphatic heterocycles. The standard InChI is InChI=1S/C28H32N4O6/c1-18-14-26(33)31(23-16-20(27(29)34)3-4-22(18)23)11-10-30-8-6-21(7-9-30)32(28(35)36)17-19-2-5-24-25(15-19)38-13-12-37-24/h2-5,14-16,21H,6-13,17H2,1H3,(H2,29,34)(H,35,36). The summed E-state index contributed by atoms with van der Waals surface area (Å²) >= 11 is 0. The van der Waals surface area contributed by atoms with Crippen LogP contribution in [-0.2, 0) is 13.1 Å². The predicted octanol–water partition coefficient (Wildman–Crippen LogP) is 2.82. The van der Waals surface area contributed by atoms with E-state index in [1.807, 2.05) is 31.2 Å². The van der Waals surface area contributed by atoms with Crippen molar-refractivity contribution >= 4 is 22.9 Å². The lowest BCUT2D eigenvalue weighted by Crippen LogP contribution is -2.47. The third-order valence-electron chi connectivity index (χ3n) is 7.45. The number of nitrogens with zero attached hydrogens (tertiary/aromatic N) is 3. The summed E-state index contributed by atoms with van der Waals surface area (Å²) in [4.78, 5) is 40.4. The zero-order chi connectivity index (χ0) is 26.8. The van der Waals surface area contributed by atoms with E-state index in [4.69, 9.17) is 15.2 Å². The van der Waals surface area contributed by atoms with Gasteiger partial charge >= 0.3 is 6.09 Å². The number of piperidine rings is 1. The van der Waals surface area contributed by atoms with Crippen LogP contribution in [0.2, 0.25) is 0 Å². The molecule has 0 atom stereocenters. The fourth-order valence-electron chi connectivity index (χ4n) is 5.36. The first-order chi connectivity index (χ1) is 18.3. The highest BCUT2D eigenvalue weighted by Crippen LogP contribution is 2.31. The molecule has 1 saturated heterocycles. The van der Waals surface area contributed by atoms with Crippen LogP contribution in [0.3, 0.4) is 0 Å². The summed E-state index contributed by atoms with van der Waals surface area (Å²) in [5, 5.41) is 10.9. The molecule has 2 aromatic carbocycles. The van der Waals surface area contributed by atoms with E-state index in [1.165, 1.54) is 4.90 Å². The average molecular weight is 521 g/mol. The number of hydrogen-bond donors (Lipinski definition) is 2. The number of carbonyl (C=O) groups excluding carboxylic acids is 1. The lowest BCUT2D eigenvalue weighted by Gasteiger charge is -2.37. The molecular formula is C28H32N4O6. The van der Waals surface area contributed by atoms with Crippen LogP contribution in [0.1, 0.15) is 34.3 Å². The fourth-order valence-corrected chi connectivity index (χ4v) is 5.36. The monoisotopic (exact) mass is 520 g/mol. The maximum atomic E-state index is 12.8. The average Bonchev–Trinajstić information content (AvgIpc) is 2.91. The molecule has 10 heteroatoms. The summed E-state index contributed by atoms with van der Waals surface area (Å²) in [7, 11) is 0. The third kappa shape index (κ3) is 5.31. The van der Waals surface area contributed by atoms with E-state index >= 15 is 0 Å². The van der Waals surface area contributed by atoms with Crippen molar-refractivity contribution in [3.8, 4) is 11.5 Å². The Hall–Kier alpha value is -4.05. The number of hydrogen-bond acceptors (Lipinski definition) is 6. The Bertz CT molecular complexity index is 1430. The molecule has 0 aliphatic carbocycles. The van der Waals surface area contributed by atoms with Crippen LogP contribution in [0.25, 0.3) is 10.9 Å². The first-order valence-electron chi connectivity index (χ1n) is 12.8. The molecule has 3 aromatic rings. The summed E-state index contributed by atoms with van der Waals surface area (Å²) in [5.74, 6) is 0.797. The number of carbonyl (C=O) groups is 2. The highest BCUT2D eigenvalue weighted by molar-refractivity contribution is 5.97. The van der Waals surface area contributed by atoms with Crippen molar-refractivity contribution in [3.05, 3.63) is 69.5 Å². The van der Waals surface area contributed by atoms with Crippen molar-refractivity contribution in [2.45, 2.75) is 38.9 Å². The number of aryl methyl sites for hydroxylation is 1. The van der Waals surface area contributed by atoms with Crippen LogP contribution in [0.5, 0.6) is 11.5 Å². The molecule has 0 saturated carbocycles. The van der Waals surface area contributed by atoms with E-state index < -0.39 is 12.0 Å². The lowest BCUT2D eigenvalue weighted by molar-refractivity contribution is 0.0855. The number of likely N-dealkylation sites (tertiary alicyclic amines) is 1. The topological polar surface area (TPSA) is 127 Å². The second kappa shape index (κ2) is 10.7. The molecule has 1 fully saturated rings. The molecule has 0 unspecified atom stereocenters. The van der Waals surface area contributed by atoms with Gasteiger partial charge in [0.1, 0.15) is 13.2 Å². The molecule has 200 valence electrons. The molecule has 0 bridgehead atoms. The molecule has 0 radical (unpaired) electrons. The van der Waals surface area contributed by atoms with Gasteiger partial charge in [0, 0.05) is 55.8 Å². The van der Waals surface area contributed by atoms with E-state index in [1.54, 1.807) is 22.8 Å². The Morgan fingerprint density at radius 2 is 1.76 bits per heavy atom. The van der Waals surface area contributed by atoms with Crippen LogP contribution in [0.15, 0.2) is 47.3 Å². The number of aromatic nitrogens is 1. The number of carboxylic acid groups (broad SMARTS) is 1. The smallest absolute Gasteiger partial charge is 0.407 e. The van der Waals surface area contributed by atoms with E-state index in [9.17, 15) is 19.5 Å². The van der Waals surface area contributed by atoms with Crippen molar-refractivity contribution in [1.29, 1.82) is 0 Å². The molecule has 38 heavy (non-hydrogen) atoms. The molecular weight excluding hydrogens is 488 g/mol. The SMILES string of the molecule is Cc1cc(=O)n(CCN2CCC(N(Cc3ccc4c(c3)OCCO4)C(=O)O)CC2)c2cc(C(N)=O)ccc12. The second-order valence-corrected chi connectivity index (χ2v) is 9.87. The quantitative estimate of drug-likeness (QED) is 0.490. The van der Waals surface area contributed by atoms with Crippen LogP contribution in [0, 0.1) is 6.92 Å². The van der Waals surface area contributed by atoms with Crippen molar-refractivity contribution < 1.29 is 24.2 Å². The van der Waals surface area contributed by atoms with Crippen molar-refractivity contribution in [1.82, 2.24) is 14.4 Å². The Balaban J connectivity index is 1.23. The van der Waals surface area contributed by atoms with Crippen LogP contribution < -0.4 is 20.8 Å². The molecule has 0 spiro atoms. The zero-order valence-corrected chi connectivity index (χ0v) is 21.4. The van der Waals surface area contributed by atoms with E-state index in [2.05, 4.69) is 4.90 Å². The third-order valence-corrected chi connectivity index (χ3v) is 7.45. The number of ether oxygens (including phenoxy) is 2. The van der Waals surface area contributed by atoms with Crippen molar-refractivity contribution in [3.63, 3.8) is 0 Å². The van der Waals surface area contributed by atoms with Gasteiger partial charge in [-0.05, 0) is 55.2 Å². The van der Waals surface area contributed by atoms with Gasteiger partial charge in [-0.2, -0.15) is 0 Å². The fraction of sp³-hybridized carbons (Fsp3) is 0.393. The highest BCUT2D eigenvalue weighted by Gasteiger charge is 2.28. The highest BCUT2D eigenvalue weighted by atomic mass is 16.6. The van der Waals surface area contributed by atoms with E-state index in [0.29, 0.717) is 61.7 Å². The summed E-state index contributed by atoms with van der Waals surface area (Å²) in [6, 6.07) is 12.3. The van der Waals surface area contributed by atoms with Crippen molar-refractivity contribution in [2.75, 3.05) is 32.8 Å². The molecule has 10 nitrogen and oxygen atoms in total. The number of nitrogens with two attached hydrogens (primary N) is 1. The molecule has 3 N–H and O–H groups in total. The lowest BCUT2D eigenvalue weighted by atomic mass is 10.0. The number of fused-ring (bicyclic) bond motifs is 2. The molecule has 3 heterocycles. The Morgan fingerprint density at radius 1 is 1.03 bits per heavy atom. The zero-order valence-electron chi connectivity index (χ0n) is 21.4. The van der Waals surface area contributed by atoms with Gasteiger partial charge in [-0.3, -0.25) is 9.59 Å². The van der Waals surface area contributed by atoms with Gasteiger partial charge < -0.3 is 34.7 Å². The number of benzene rings is 2. The van der Waals surface area contributed by atoms with E-state index in [0.717, 1.165) is 29.6 Å². The number of rotatable bonds is 7. The first kappa shape index (κ1) is 25.6. The summed E-state index contributed by atoms with van der Waals surface area (Å²) in [5.41, 5.74) is 8.11. The molecule has 1 aromatic heterocycles. The Morgan fingerprint density at radius 3 is 2.47 bits per heavy atom. The first-order valence-corrected chi connectivity index (χ1v) is 12.8. The van der Waals surface area contributed by atoms with Crippen LogP contribution in [-0.4, -0.2) is 70.4 Å². The number of amides is 2. The Kier molecular flexibility index (Phi) is 7.24. The van der Waals surface area contributed by atoms with Crippen molar-refractivity contribution in [2.24, 2.45) is 5.73 Å². The number of primary amides is 1. The molecule has 5 rings (SSSR count). The normalized spacial score (nSPS) is 15.9.